The molecule has 3 aromatic rings. The molecule has 23 heavy (non-hydrogen) atoms. The highest BCUT2D eigenvalue weighted by Gasteiger charge is 2.18. The summed E-state index contributed by atoms with van der Waals surface area (Å²) in [6, 6.07) is 10.5. The Kier molecular flexibility index (Phi) is 4.53. The second-order valence-electron chi connectivity index (χ2n) is 6.04. The van der Waals surface area contributed by atoms with Gasteiger partial charge in [-0.15, -0.1) is 11.3 Å². The molecule has 4 nitrogen and oxygen atoms in total. The second-order valence-corrected chi connectivity index (χ2v) is 7.16. The molecule has 0 fully saturated rings. The Bertz CT molecular complexity index is 788. The first-order chi connectivity index (χ1) is 11.0. The van der Waals surface area contributed by atoms with Crippen LogP contribution in [0.25, 0.3) is 10.1 Å². The van der Waals surface area contributed by atoms with Gasteiger partial charge in [0, 0.05) is 40.5 Å². The highest BCUT2D eigenvalue weighted by atomic mass is 32.1. The average Bonchev–Trinajstić information content (AvgIpc) is 3.06. The zero-order chi connectivity index (χ0) is 16.6. The third-order valence-corrected chi connectivity index (χ3v) is 5.61. The minimum atomic E-state index is -0.493. The summed E-state index contributed by atoms with van der Waals surface area (Å²) in [7, 11) is 1.96. The molecule has 1 aromatic carbocycles. The van der Waals surface area contributed by atoms with Crippen molar-refractivity contribution in [1.82, 2.24) is 15.1 Å². The van der Waals surface area contributed by atoms with Crippen LogP contribution >= 0.6 is 11.3 Å². The molecule has 0 aliphatic heterocycles. The molecular formula is C18H23N3OS. The Morgan fingerprint density at radius 3 is 2.70 bits per heavy atom. The monoisotopic (exact) mass is 329 g/mol. The molecule has 2 aromatic heterocycles. The smallest absolute Gasteiger partial charge is 0.101 e. The number of aryl methyl sites for hydroxylation is 2. The number of benzene rings is 1. The van der Waals surface area contributed by atoms with Crippen LogP contribution in [0.15, 0.2) is 30.3 Å². The quantitative estimate of drug-likeness (QED) is 0.751. The lowest BCUT2D eigenvalue weighted by molar-refractivity contribution is 0.174. The van der Waals surface area contributed by atoms with Gasteiger partial charge in [0.25, 0.3) is 0 Å². The molecule has 0 spiro atoms. The topological polar surface area (TPSA) is 50.1 Å². The van der Waals surface area contributed by atoms with Crippen molar-refractivity contribution in [2.45, 2.75) is 32.9 Å². The predicted molar refractivity (Wildman–Crippen MR) is 95.9 cm³/mol. The summed E-state index contributed by atoms with van der Waals surface area (Å²) in [5.74, 6) is 0. The first kappa shape index (κ1) is 16.2. The summed E-state index contributed by atoms with van der Waals surface area (Å²) >= 11 is 1.66. The van der Waals surface area contributed by atoms with Crippen LogP contribution in [0.4, 0.5) is 0 Å². The minimum Gasteiger partial charge on any atom is -0.386 e. The second kappa shape index (κ2) is 6.43. The fourth-order valence-electron chi connectivity index (χ4n) is 3.07. The zero-order valence-electron chi connectivity index (χ0n) is 14.0. The molecule has 0 saturated carbocycles. The normalized spacial score (nSPS) is 14.3. The van der Waals surface area contributed by atoms with Crippen molar-refractivity contribution in [3.63, 3.8) is 0 Å². The lowest BCUT2D eigenvalue weighted by atomic mass is 10.1. The first-order valence-corrected chi connectivity index (χ1v) is 8.69. The van der Waals surface area contributed by atoms with Crippen LogP contribution in [0.3, 0.4) is 0 Å². The van der Waals surface area contributed by atoms with Gasteiger partial charge in [0.2, 0.25) is 0 Å². The molecule has 5 heteroatoms. The van der Waals surface area contributed by atoms with Crippen LogP contribution in [0, 0.1) is 13.8 Å². The Balaban J connectivity index is 1.69. The summed E-state index contributed by atoms with van der Waals surface area (Å²) in [4.78, 5) is 1.01. The molecule has 122 valence electrons. The molecule has 0 bridgehead atoms. The van der Waals surface area contributed by atoms with E-state index in [2.05, 4.69) is 42.5 Å². The third kappa shape index (κ3) is 3.17. The number of thiophene rings is 1. The molecule has 2 atom stereocenters. The van der Waals surface area contributed by atoms with Crippen LogP contribution < -0.4 is 5.32 Å². The van der Waals surface area contributed by atoms with Gasteiger partial charge in [0.1, 0.15) is 6.10 Å². The molecule has 0 aliphatic carbocycles. The van der Waals surface area contributed by atoms with E-state index in [-0.39, 0.29) is 6.04 Å². The zero-order valence-corrected chi connectivity index (χ0v) is 14.8. The van der Waals surface area contributed by atoms with Gasteiger partial charge >= 0.3 is 0 Å². The number of aliphatic hydroxyl groups excluding tert-OH is 1. The van der Waals surface area contributed by atoms with Crippen molar-refractivity contribution in [1.29, 1.82) is 0 Å². The summed E-state index contributed by atoms with van der Waals surface area (Å²) < 4.78 is 3.12. The van der Waals surface area contributed by atoms with E-state index in [1.165, 1.54) is 21.3 Å². The van der Waals surface area contributed by atoms with Gasteiger partial charge in [-0.3, -0.25) is 4.68 Å². The van der Waals surface area contributed by atoms with Crippen LogP contribution in [-0.2, 0) is 7.05 Å². The van der Waals surface area contributed by atoms with Gasteiger partial charge < -0.3 is 10.4 Å². The molecule has 0 radical (unpaired) electrons. The fourth-order valence-corrected chi connectivity index (χ4v) is 4.12. The van der Waals surface area contributed by atoms with Gasteiger partial charge in [-0.2, -0.15) is 5.10 Å². The van der Waals surface area contributed by atoms with Gasteiger partial charge in [0.05, 0.1) is 5.69 Å². The highest BCUT2D eigenvalue weighted by molar-refractivity contribution is 7.19. The van der Waals surface area contributed by atoms with Crippen molar-refractivity contribution in [2.75, 3.05) is 6.54 Å². The van der Waals surface area contributed by atoms with Crippen LogP contribution in [0.5, 0.6) is 0 Å². The number of hydrogen-bond donors (Lipinski definition) is 2. The molecular weight excluding hydrogens is 306 g/mol. The van der Waals surface area contributed by atoms with E-state index in [9.17, 15) is 5.11 Å². The summed E-state index contributed by atoms with van der Waals surface area (Å²) in [5.41, 5.74) is 3.43. The molecule has 2 heterocycles. The number of nitrogens with one attached hydrogen (secondary N) is 1. The minimum absolute atomic E-state index is 0.160. The van der Waals surface area contributed by atoms with E-state index in [0.29, 0.717) is 6.54 Å². The molecule has 2 unspecified atom stereocenters. The van der Waals surface area contributed by atoms with E-state index < -0.39 is 6.10 Å². The van der Waals surface area contributed by atoms with Gasteiger partial charge in [0.15, 0.2) is 0 Å². The predicted octanol–water partition coefficient (Wildman–Crippen LogP) is 3.64. The Hall–Kier alpha value is -1.69. The molecule has 2 N–H and O–H groups in total. The molecule has 0 aliphatic rings. The van der Waals surface area contributed by atoms with Crippen molar-refractivity contribution in [3.05, 3.63) is 52.2 Å². The largest absolute Gasteiger partial charge is 0.386 e. The number of rotatable bonds is 5. The number of nitrogens with zero attached hydrogens (tertiary/aromatic N) is 2. The number of aliphatic hydroxyl groups is 1. The number of fused-ring (bicyclic) bond motifs is 1. The van der Waals surface area contributed by atoms with Crippen molar-refractivity contribution in [3.8, 4) is 0 Å². The van der Waals surface area contributed by atoms with Crippen molar-refractivity contribution in [2.24, 2.45) is 7.05 Å². The third-order valence-electron chi connectivity index (χ3n) is 4.39. The number of hydrogen-bond acceptors (Lipinski definition) is 4. The maximum atomic E-state index is 10.5. The fraction of sp³-hybridized carbons (Fsp3) is 0.389. The Morgan fingerprint density at radius 2 is 2.04 bits per heavy atom. The Morgan fingerprint density at radius 1 is 1.30 bits per heavy atom. The van der Waals surface area contributed by atoms with Crippen LogP contribution in [0.2, 0.25) is 0 Å². The first-order valence-electron chi connectivity index (χ1n) is 7.87. The summed E-state index contributed by atoms with van der Waals surface area (Å²) in [6.45, 7) is 6.76. The van der Waals surface area contributed by atoms with E-state index in [1.54, 1.807) is 11.3 Å². The van der Waals surface area contributed by atoms with Crippen LogP contribution in [-0.4, -0.2) is 21.4 Å². The lowest BCUT2D eigenvalue weighted by Crippen LogP contribution is -2.25. The van der Waals surface area contributed by atoms with Crippen LogP contribution in [0.1, 0.15) is 40.9 Å². The SMILES string of the molecule is Cc1nn(C)c(C)c1C(C)NCC(O)c1cc2ccccc2s1. The maximum Gasteiger partial charge on any atom is 0.101 e. The van der Waals surface area contributed by atoms with Crippen molar-refractivity contribution >= 4 is 21.4 Å². The highest BCUT2D eigenvalue weighted by Crippen LogP contribution is 2.30. The molecule has 3 rings (SSSR count). The van der Waals surface area contributed by atoms with E-state index >= 15 is 0 Å². The molecule has 0 amide bonds. The number of aromatic nitrogens is 2. The van der Waals surface area contributed by atoms with Gasteiger partial charge in [-0.25, -0.2) is 0 Å². The molecule has 0 saturated heterocycles. The van der Waals surface area contributed by atoms with Gasteiger partial charge in [-0.05, 0) is 38.3 Å². The summed E-state index contributed by atoms with van der Waals surface area (Å²) in [6.07, 6.45) is -0.493. The van der Waals surface area contributed by atoms with E-state index in [4.69, 9.17) is 0 Å². The van der Waals surface area contributed by atoms with E-state index in [0.717, 1.165) is 10.6 Å². The Labute approximate surface area is 140 Å². The van der Waals surface area contributed by atoms with E-state index in [1.807, 2.05) is 30.8 Å². The van der Waals surface area contributed by atoms with Crippen molar-refractivity contribution < 1.29 is 5.11 Å². The average molecular weight is 329 g/mol. The maximum absolute atomic E-state index is 10.5. The van der Waals surface area contributed by atoms with Gasteiger partial charge in [-0.1, -0.05) is 18.2 Å². The lowest BCUT2D eigenvalue weighted by Gasteiger charge is -2.17. The standard InChI is InChI=1S/C18H23N3OS/c1-11(18-12(2)20-21(4)13(18)3)19-10-15(22)17-9-14-7-5-6-8-16(14)23-17/h5-9,11,15,19,22H,10H2,1-4H3. The summed E-state index contributed by atoms with van der Waals surface area (Å²) in [5, 5.41) is 19.6.